The number of halogens is 6. The predicted octanol–water partition coefficient (Wildman–Crippen LogP) is 4.03. The summed E-state index contributed by atoms with van der Waals surface area (Å²) in [4.78, 5) is 0. The van der Waals surface area contributed by atoms with Gasteiger partial charge in [-0.2, -0.15) is 26.3 Å². The molecule has 106 valence electrons. The van der Waals surface area contributed by atoms with Crippen molar-refractivity contribution in [1.29, 1.82) is 0 Å². The van der Waals surface area contributed by atoms with Gasteiger partial charge in [0, 0.05) is 0 Å². The van der Waals surface area contributed by atoms with E-state index in [2.05, 4.69) is 12.8 Å². The minimum atomic E-state index is -4.88. The summed E-state index contributed by atoms with van der Waals surface area (Å²) in [5, 5.41) is 9.07. The Morgan fingerprint density at radius 3 is 1.42 bits per heavy atom. The first-order chi connectivity index (χ1) is 8.51. The van der Waals surface area contributed by atoms with Gasteiger partial charge in [-0.3, -0.25) is 0 Å². The second kappa shape index (κ2) is 5.97. The maximum absolute atomic E-state index is 12.4. The molecule has 1 aromatic rings. The molecule has 19 heavy (non-hydrogen) atoms. The lowest BCUT2D eigenvalue weighted by Crippen LogP contribution is -2.12. The van der Waals surface area contributed by atoms with E-state index in [9.17, 15) is 26.3 Å². The van der Waals surface area contributed by atoms with Crippen molar-refractivity contribution in [1.82, 2.24) is 0 Å². The lowest BCUT2D eigenvalue weighted by molar-refractivity contribution is -0.143. The molecule has 0 bridgehead atoms. The van der Waals surface area contributed by atoms with Crippen molar-refractivity contribution in [2.24, 2.45) is 0 Å². The third kappa shape index (κ3) is 4.83. The summed E-state index contributed by atoms with van der Waals surface area (Å²) in [5.41, 5.74) is -3.28. The standard InChI is InChI=1S/C10H8F6O.C2H2/c1-5(17)6-2-7(9(11,12)13)4-8(3-6)10(14,15)16;1-2/h2-5,17H,1H3;1-2H/t5-;/m1./s1. The Morgan fingerprint density at radius 1 is 0.895 bits per heavy atom. The van der Waals surface area contributed by atoms with Crippen LogP contribution < -0.4 is 0 Å². The zero-order chi connectivity index (χ0) is 15.4. The van der Waals surface area contributed by atoms with Crippen LogP contribution in [-0.2, 0) is 12.4 Å². The van der Waals surface area contributed by atoms with Gasteiger partial charge in [-0.25, -0.2) is 0 Å². The molecule has 0 spiro atoms. The number of rotatable bonds is 1. The Bertz CT molecular complexity index is 410. The SMILES string of the molecule is C#C.C[C@@H](O)c1cc(C(F)(F)F)cc(C(F)(F)F)c1. The monoisotopic (exact) mass is 284 g/mol. The van der Waals surface area contributed by atoms with E-state index in [0.29, 0.717) is 12.1 Å². The quantitative estimate of drug-likeness (QED) is 0.610. The van der Waals surface area contributed by atoms with E-state index < -0.39 is 35.1 Å². The topological polar surface area (TPSA) is 20.2 Å². The van der Waals surface area contributed by atoms with Gasteiger partial charge < -0.3 is 5.11 Å². The van der Waals surface area contributed by atoms with Crippen molar-refractivity contribution in [3.8, 4) is 12.8 Å². The first-order valence-electron chi connectivity index (χ1n) is 4.82. The van der Waals surface area contributed by atoms with Gasteiger partial charge in [0.15, 0.2) is 0 Å². The third-order valence-corrected chi connectivity index (χ3v) is 2.09. The summed E-state index contributed by atoms with van der Waals surface area (Å²) in [5.74, 6) is 0. The van der Waals surface area contributed by atoms with Crippen LogP contribution in [0.4, 0.5) is 26.3 Å². The van der Waals surface area contributed by atoms with E-state index in [4.69, 9.17) is 5.11 Å². The number of aliphatic hydroxyl groups excluding tert-OH is 1. The smallest absolute Gasteiger partial charge is 0.389 e. The summed E-state index contributed by atoms with van der Waals surface area (Å²) < 4.78 is 74.1. The summed E-state index contributed by atoms with van der Waals surface area (Å²) >= 11 is 0. The highest BCUT2D eigenvalue weighted by atomic mass is 19.4. The average molecular weight is 284 g/mol. The van der Waals surface area contributed by atoms with Crippen molar-refractivity contribution in [2.45, 2.75) is 25.4 Å². The molecule has 1 aromatic carbocycles. The second-order valence-corrected chi connectivity index (χ2v) is 3.52. The number of aliphatic hydroxyl groups is 1. The van der Waals surface area contributed by atoms with E-state index in [0.717, 1.165) is 6.92 Å². The Labute approximate surface area is 105 Å². The van der Waals surface area contributed by atoms with Crippen LogP contribution in [-0.4, -0.2) is 5.11 Å². The molecule has 0 saturated carbocycles. The zero-order valence-electron chi connectivity index (χ0n) is 9.68. The molecule has 0 heterocycles. The molecule has 0 aliphatic heterocycles. The highest BCUT2D eigenvalue weighted by Gasteiger charge is 2.37. The molecule has 0 amide bonds. The van der Waals surface area contributed by atoms with Crippen molar-refractivity contribution in [2.75, 3.05) is 0 Å². The minimum Gasteiger partial charge on any atom is -0.389 e. The zero-order valence-corrected chi connectivity index (χ0v) is 9.68. The molecule has 0 saturated heterocycles. The van der Waals surface area contributed by atoms with Crippen LogP contribution in [0.3, 0.4) is 0 Å². The molecule has 1 atom stereocenters. The first-order valence-corrected chi connectivity index (χ1v) is 4.82. The molecular formula is C12H10F6O. The fraction of sp³-hybridized carbons (Fsp3) is 0.333. The van der Waals surface area contributed by atoms with Crippen LogP contribution in [0.2, 0.25) is 0 Å². The summed E-state index contributed by atoms with van der Waals surface area (Å²) in [6.07, 6.45) is -3.17. The van der Waals surface area contributed by atoms with Gasteiger partial charge in [-0.1, -0.05) is 0 Å². The molecule has 0 aliphatic rings. The molecule has 0 aliphatic carbocycles. The van der Waals surface area contributed by atoms with Gasteiger partial charge in [-0.05, 0) is 30.7 Å². The Kier molecular flexibility index (Phi) is 5.45. The van der Waals surface area contributed by atoms with Crippen molar-refractivity contribution in [3.63, 3.8) is 0 Å². The lowest BCUT2D eigenvalue weighted by Gasteiger charge is -2.15. The Morgan fingerprint density at radius 2 is 1.21 bits per heavy atom. The largest absolute Gasteiger partial charge is 0.416 e. The molecule has 0 radical (unpaired) electrons. The van der Waals surface area contributed by atoms with Gasteiger partial charge in [0.05, 0.1) is 17.2 Å². The Hall–Kier alpha value is -1.68. The van der Waals surface area contributed by atoms with Crippen molar-refractivity contribution in [3.05, 3.63) is 34.9 Å². The van der Waals surface area contributed by atoms with Crippen molar-refractivity contribution >= 4 is 0 Å². The molecule has 0 aromatic heterocycles. The van der Waals surface area contributed by atoms with E-state index in [1.54, 1.807) is 0 Å². The highest BCUT2D eigenvalue weighted by Crippen LogP contribution is 2.37. The van der Waals surface area contributed by atoms with Gasteiger partial charge >= 0.3 is 12.4 Å². The average Bonchev–Trinajstić information content (AvgIpc) is 2.28. The van der Waals surface area contributed by atoms with E-state index in [1.165, 1.54) is 0 Å². The van der Waals surface area contributed by atoms with E-state index in [1.807, 2.05) is 0 Å². The number of hydrogen-bond acceptors (Lipinski definition) is 1. The fourth-order valence-corrected chi connectivity index (χ4v) is 1.22. The molecule has 1 N–H and O–H groups in total. The molecule has 0 fully saturated rings. The van der Waals surface area contributed by atoms with Crippen LogP contribution in [0.25, 0.3) is 0 Å². The second-order valence-electron chi connectivity index (χ2n) is 3.52. The van der Waals surface area contributed by atoms with Gasteiger partial charge in [-0.15, -0.1) is 12.8 Å². The molecule has 1 rings (SSSR count). The first kappa shape index (κ1) is 17.3. The van der Waals surface area contributed by atoms with E-state index in [-0.39, 0.29) is 6.07 Å². The van der Waals surface area contributed by atoms with Crippen molar-refractivity contribution < 1.29 is 31.4 Å². The molecule has 7 heteroatoms. The number of terminal acetylenes is 1. The number of hydrogen-bond donors (Lipinski definition) is 1. The summed E-state index contributed by atoms with van der Waals surface area (Å²) in [6, 6.07) is 1.02. The number of benzene rings is 1. The fourth-order valence-electron chi connectivity index (χ4n) is 1.22. The van der Waals surface area contributed by atoms with Gasteiger partial charge in [0.25, 0.3) is 0 Å². The van der Waals surface area contributed by atoms with Crippen LogP contribution in [0, 0.1) is 12.8 Å². The maximum atomic E-state index is 12.4. The third-order valence-electron chi connectivity index (χ3n) is 2.09. The predicted molar refractivity (Wildman–Crippen MR) is 57.0 cm³/mol. The van der Waals surface area contributed by atoms with Gasteiger partial charge in [0.1, 0.15) is 0 Å². The maximum Gasteiger partial charge on any atom is 0.416 e. The van der Waals surface area contributed by atoms with Crippen LogP contribution in [0.15, 0.2) is 18.2 Å². The Balaban J connectivity index is 0.00000154. The summed E-state index contributed by atoms with van der Waals surface area (Å²) in [6.45, 7) is 1.09. The van der Waals surface area contributed by atoms with Crippen LogP contribution >= 0.6 is 0 Å². The van der Waals surface area contributed by atoms with Gasteiger partial charge in [0.2, 0.25) is 0 Å². The molecule has 1 nitrogen and oxygen atoms in total. The minimum absolute atomic E-state index is 0.0197. The highest BCUT2D eigenvalue weighted by molar-refractivity contribution is 5.34. The number of alkyl halides is 6. The normalized spacial score (nSPS) is 13.4. The van der Waals surface area contributed by atoms with E-state index >= 15 is 0 Å². The molecule has 0 unspecified atom stereocenters. The van der Waals surface area contributed by atoms with Crippen LogP contribution in [0.5, 0.6) is 0 Å². The van der Waals surface area contributed by atoms with Crippen LogP contribution in [0.1, 0.15) is 29.7 Å². The summed E-state index contributed by atoms with van der Waals surface area (Å²) in [7, 11) is 0. The molecular weight excluding hydrogens is 274 g/mol. The lowest BCUT2D eigenvalue weighted by atomic mass is 10.0.